The average Bonchev–Trinajstić information content (AvgIpc) is 2.83. The maximum absolute atomic E-state index is 12.1. The second-order valence-electron chi connectivity index (χ2n) is 5.94. The Bertz CT molecular complexity index is 887. The standard InChI is InChI=1S/C19H16Cl2N2O2S/c1-11-3-5-12(6-4-11)10-25-17-14(20)7-13(8-15(17)21)9-16-18(24)23(2)19(26)22-16/h3-9H,10H2,1-2H3,(H,22,26)/b16-9+. The second-order valence-corrected chi connectivity index (χ2v) is 7.14. The molecule has 4 nitrogen and oxygen atoms in total. The van der Waals surface area contributed by atoms with E-state index >= 15 is 0 Å². The molecule has 1 saturated heterocycles. The third-order valence-electron chi connectivity index (χ3n) is 3.92. The smallest absolute Gasteiger partial charge is 0.276 e. The molecule has 2 aromatic rings. The summed E-state index contributed by atoms with van der Waals surface area (Å²) in [6, 6.07) is 11.4. The SMILES string of the molecule is Cc1ccc(COc2c(Cl)cc(/C=C3/NC(=S)N(C)C3=O)cc2Cl)cc1. The molecule has 26 heavy (non-hydrogen) atoms. The van der Waals surface area contributed by atoms with Crippen molar-refractivity contribution in [3.8, 4) is 5.75 Å². The number of hydrogen-bond acceptors (Lipinski definition) is 3. The van der Waals surface area contributed by atoms with Crippen LogP contribution in [0.5, 0.6) is 5.75 Å². The van der Waals surface area contributed by atoms with E-state index in [0.29, 0.717) is 38.8 Å². The van der Waals surface area contributed by atoms with Gasteiger partial charge in [-0.3, -0.25) is 9.69 Å². The van der Waals surface area contributed by atoms with Crippen molar-refractivity contribution >= 4 is 52.5 Å². The minimum absolute atomic E-state index is 0.207. The van der Waals surface area contributed by atoms with E-state index < -0.39 is 0 Å². The van der Waals surface area contributed by atoms with E-state index in [1.54, 1.807) is 25.3 Å². The van der Waals surface area contributed by atoms with Crippen LogP contribution in [0.15, 0.2) is 42.1 Å². The first-order valence-electron chi connectivity index (χ1n) is 7.83. The molecule has 134 valence electrons. The minimum Gasteiger partial charge on any atom is -0.486 e. The van der Waals surface area contributed by atoms with Crippen molar-refractivity contribution in [3.05, 3.63) is 68.8 Å². The van der Waals surface area contributed by atoms with Crippen molar-refractivity contribution in [1.29, 1.82) is 0 Å². The number of rotatable bonds is 4. The molecule has 0 saturated carbocycles. The van der Waals surface area contributed by atoms with E-state index in [4.69, 9.17) is 40.2 Å². The van der Waals surface area contributed by atoms with Crippen LogP contribution in [0.4, 0.5) is 0 Å². The number of carbonyl (C=O) groups is 1. The largest absolute Gasteiger partial charge is 0.486 e. The Labute approximate surface area is 167 Å². The van der Waals surface area contributed by atoms with Gasteiger partial charge in [0.2, 0.25) is 0 Å². The third kappa shape index (κ3) is 4.01. The molecule has 1 N–H and O–H groups in total. The molecule has 7 heteroatoms. The molecular weight excluding hydrogens is 391 g/mol. The quantitative estimate of drug-likeness (QED) is 0.596. The first-order valence-corrected chi connectivity index (χ1v) is 8.99. The fourth-order valence-corrected chi connectivity index (χ4v) is 3.24. The zero-order chi connectivity index (χ0) is 18.8. The van der Waals surface area contributed by atoms with Gasteiger partial charge in [-0.25, -0.2) is 0 Å². The molecule has 1 fully saturated rings. The summed E-state index contributed by atoms with van der Waals surface area (Å²) in [6.07, 6.45) is 1.65. The molecule has 0 aromatic heterocycles. The highest BCUT2D eigenvalue weighted by molar-refractivity contribution is 7.80. The normalized spacial score (nSPS) is 15.5. The lowest BCUT2D eigenvalue weighted by Gasteiger charge is -2.11. The average molecular weight is 407 g/mol. The Morgan fingerprint density at radius 1 is 1.19 bits per heavy atom. The van der Waals surface area contributed by atoms with Gasteiger partial charge in [0.15, 0.2) is 10.9 Å². The van der Waals surface area contributed by atoms with Crippen molar-refractivity contribution in [3.63, 3.8) is 0 Å². The lowest BCUT2D eigenvalue weighted by Crippen LogP contribution is -2.25. The number of ether oxygens (including phenoxy) is 1. The summed E-state index contributed by atoms with van der Waals surface area (Å²) < 4.78 is 5.78. The molecule has 0 unspecified atom stereocenters. The van der Waals surface area contributed by atoms with Crippen LogP contribution < -0.4 is 10.1 Å². The molecule has 1 aliphatic heterocycles. The van der Waals surface area contributed by atoms with Crippen molar-refractivity contribution in [2.24, 2.45) is 0 Å². The highest BCUT2D eigenvalue weighted by atomic mass is 35.5. The summed E-state index contributed by atoms with van der Waals surface area (Å²) in [5.74, 6) is 0.205. The Kier molecular flexibility index (Phi) is 5.51. The zero-order valence-corrected chi connectivity index (χ0v) is 16.5. The minimum atomic E-state index is -0.207. The van der Waals surface area contributed by atoms with E-state index in [-0.39, 0.29) is 5.91 Å². The van der Waals surface area contributed by atoms with E-state index in [0.717, 1.165) is 5.56 Å². The van der Waals surface area contributed by atoms with Gasteiger partial charge in [-0.15, -0.1) is 0 Å². The van der Waals surface area contributed by atoms with Crippen LogP contribution in [0.1, 0.15) is 16.7 Å². The van der Waals surface area contributed by atoms with Crippen molar-refractivity contribution in [2.75, 3.05) is 7.05 Å². The number of nitrogens with zero attached hydrogens (tertiary/aromatic N) is 1. The van der Waals surface area contributed by atoms with E-state index in [1.165, 1.54) is 10.5 Å². The van der Waals surface area contributed by atoms with Gasteiger partial charge in [0.05, 0.1) is 10.0 Å². The Hall–Kier alpha value is -2.08. The van der Waals surface area contributed by atoms with Crippen LogP contribution in [-0.4, -0.2) is 23.0 Å². The number of thiocarbonyl (C=S) groups is 1. The molecule has 1 heterocycles. The number of aryl methyl sites for hydroxylation is 1. The maximum atomic E-state index is 12.1. The predicted molar refractivity (Wildman–Crippen MR) is 108 cm³/mol. The highest BCUT2D eigenvalue weighted by Crippen LogP contribution is 2.35. The van der Waals surface area contributed by atoms with Gasteiger partial charge >= 0.3 is 0 Å². The Morgan fingerprint density at radius 2 is 1.81 bits per heavy atom. The number of halogens is 2. The van der Waals surface area contributed by atoms with Gasteiger partial charge in [-0.1, -0.05) is 53.0 Å². The van der Waals surface area contributed by atoms with Gasteiger partial charge in [-0.05, 0) is 48.5 Å². The van der Waals surface area contributed by atoms with E-state index in [2.05, 4.69) is 5.32 Å². The van der Waals surface area contributed by atoms with Crippen molar-refractivity contribution < 1.29 is 9.53 Å². The van der Waals surface area contributed by atoms with Crippen LogP contribution in [0.3, 0.4) is 0 Å². The molecule has 3 rings (SSSR count). The summed E-state index contributed by atoms with van der Waals surface area (Å²) in [4.78, 5) is 13.4. The molecule has 1 amide bonds. The van der Waals surface area contributed by atoms with Crippen LogP contribution in [0.25, 0.3) is 6.08 Å². The fraction of sp³-hybridized carbons (Fsp3) is 0.158. The van der Waals surface area contributed by atoms with Gasteiger partial charge in [0, 0.05) is 7.05 Å². The van der Waals surface area contributed by atoms with Crippen LogP contribution >= 0.6 is 35.4 Å². The molecular formula is C19H16Cl2N2O2S. The van der Waals surface area contributed by atoms with Crippen LogP contribution in [0, 0.1) is 6.92 Å². The van der Waals surface area contributed by atoms with Gasteiger partial charge in [0.1, 0.15) is 12.3 Å². The Morgan fingerprint density at radius 3 is 2.35 bits per heavy atom. The van der Waals surface area contributed by atoms with Crippen molar-refractivity contribution in [1.82, 2.24) is 10.2 Å². The highest BCUT2D eigenvalue weighted by Gasteiger charge is 2.27. The number of likely N-dealkylation sites (N-methyl/N-ethyl adjacent to an activating group) is 1. The predicted octanol–water partition coefficient (Wildman–Crippen LogP) is 4.57. The number of amides is 1. The Balaban J connectivity index is 1.79. The lowest BCUT2D eigenvalue weighted by atomic mass is 10.1. The summed E-state index contributed by atoms with van der Waals surface area (Å²) >= 11 is 17.7. The fourth-order valence-electron chi connectivity index (χ4n) is 2.43. The zero-order valence-electron chi connectivity index (χ0n) is 14.2. The molecule has 0 atom stereocenters. The number of carbonyl (C=O) groups excluding carboxylic acids is 1. The topological polar surface area (TPSA) is 41.6 Å². The third-order valence-corrected chi connectivity index (χ3v) is 4.85. The number of benzene rings is 2. The van der Waals surface area contributed by atoms with E-state index in [1.807, 2.05) is 31.2 Å². The molecule has 0 spiro atoms. The monoisotopic (exact) mass is 406 g/mol. The summed E-state index contributed by atoms with van der Waals surface area (Å²) in [6.45, 7) is 2.39. The maximum Gasteiger partial charge on any atom is 0.276 e. The van der Waals surface area contributed by atoms with Gasteiger partial charge in [-0.2, -0.15) is 0 Å². The lowest BCUT2D eigenvalue weighted by molar-refractivity contribution is -0.121. The number of hydrogen-bond donors (Lipinski definition) is 1. The summed E-state index contributed by atoms with van der Waals surface area (Å²) in [5, 5.41) is 3.96. The summed E-state index contributed by atoms with van der Waals surface area (Å²) in [5.41, 5.74) is 3.25. The van der Waals surface area contributed by atoms with Gasteiger partial charge in [0.25, 0.3) is 5.91 Å². The van der Waals surface area contributed by atoms with Crippen LogP contribution in [0.2, 0.25) is 10.0 Å². The second kappa shape index (κ2) is 7.66. The van der Waals surface area contributed by atoms with Crippen molar-refractivity contribution in [2.45, 2.75) is 13.5 Å². The molecule has 2 aromatic carbocycles. The van der Waals surface area contributed by atoms with Crippen LogP contribution in [-0.2, 0) is 11.4 Å². The van der Waals surface area contributed by atoms with E-state index in [9.17, 15) is 4.79 Å². The number of nitrogens with one attached hydrogen (secondary N) is 1. The molecule has 0 bridgehead atoms. The molecule has 0 radical (unpaired) electrons. The molecule has 0 aliphatic carbocycles. The van der Waals surface area contributed by atoms with Gasteiger partial charge < -0.3 is 10.1 Å². The molecule has 1 aliphatic rings. The first-order chi connectivity index (χ1) is 12.3. The first kappa shape index (κ1) is 18.7. The summed E-state index contributed by atoms with van der Waals surface area (Å²) in [7, 11) is 1.61.